The van der Waals surface area contributed by atoms with Crippen LogP contribution in [0.3, 0.4) is 0 Å². The highest BCUT2D eigenvalue weighted by atomic mass is 16.6. The summed E-state index contributed by atoms with van der Waals surface area (Å²) in [5, 5.41) is 11.1. The van der Waals surface area contributed by atoms with Crippen LogP contribution in [0.25, 0.3) is 22.1 Å². The topological polar surface area (TPSA) is 73.3 Å². The molecular formula is C22H24NO5+. The lowest BCUT2D eigenvalue weighted by Gasteiger charge is -2.19. The van der Waals surface area contributed by atoms with Gasteiger partial charge >= 0.3 is 0 Å². The van der Waals surface area contributed by atoms with E-state index in [1.54, 1.807) is 12.1 Å². The van der Waals surface area contributed by atoms with Gasteiger partial charge in [0.1, 0.15) is 37.4 Å². The maximum absolute atomic E-state index is 13.3. The molecule has 1 aliphatic rings. The number of aromatic hydroxyl groups is 1. The van der Waals surface area contributed by atoms with E-state index >= 15 is 0 Å². The van der Waals surface area contributed by atoms with Gasteiger partial charge in [-0.2, -0.15) is 0 Å². The lowest BCUT2D eigenvalue weighted by atomic mass is 9.99. The van der Waals surface area contributed by atoms with Crippen molar-refractivity contribution in [3.05, 3.63) is 51.9 Å². The molecule has 1 aromatic heterocycles. The Labute approximate surface area is 162 Å². The van der Waals surface area contributed by atoms with Gasteiger partial charge in [0, 0.05) is 0 Å². The zero-order valence-electron chi connectivity index (χ0n) is 16.3. The number of quaternary nitrogens is 1. The van der Waals surface area contributed by atoms with Gasteiger partial charge in [0.05, 0.1) is 30.6 Å². The van der Waals surface area contributed by atoms with Crippen molar-refractivity contribution in [1.29, 1.82) is 0 Å². The molecule has 28 heavy (non-hydrogen) atoms. The van der Waals surface area contributed by atoms with Crippen LogP contribution in [0.4, 0.5) is 0 Å². The van der Waals surface area contributed by atoms with Gasteiger partial charge in [-0.25, -0.2) is 0 Å². The molecule has 3 aromatic rings. The van der Waals surface area contributed by atoms with Crippen LogP contribution in [0.2, 0.25) is 0 Å². The Kier molecular flexibility index (Phi) is 4.73. The zero-order chi connectivity index (χ0) is 19.8. The van der Waals surface area contributed by atoms with Crippen molar-refractivity contribution in [3.8, 4) is 28.4 Å². The van der Waals surface area contributed by atoms with E-state index in [0.717, 1.165) is 10.5 Å². The molecule has 0 bridgehead atoms. The van der Waals surface area contributed by atoms with E-state index in [1.165, 1.54) is 6.26 Å². The van der Waals surface area contributed by atoms with Gasteiger partial charge in [-0.1, -0.05) is 13.0 Å². The number of hydrogen-bond acceptors (Lipinski definition) is 5. The Morgan fingerprint density at radius 1 is 1.11 bits per heavy atom. The normalized spacial score (nSPS) is 13.3. The summed E-state index contributed by atoms with van der Waals surface area (Å²) >= 11 is 0. The molecule has 0 saturated heterocycles. The summed E-state index contributed by atoms with van der Waals surface area (Å²) in [6.45, 7) is 3.52. The number of phenols is 1. The van der Waals surface area contributed by atoms with Crippen molar-refractivity contribution < 1.29 is 23.9 Å². The van der Waals surface area contributed by atoms with Gasteiger partial charge in [0.15, 0.2) is 11.5 Å². The predicted molar refractivity (Wildman–Crippen MR) is 106 cm³/mol. The molecule has 6 heteroatoms. The van der Waals surface area contributed by atoms with Gasteiger partial charge < -0.3 is 23.9 Å². The van der Waals surface area contributed by atoms with Crippen LogP contribution >= 0.6 is 0 Å². The van der Waals surface area contributed by atoms with Crippen LogP contribution in [0, 0.1) is 0 Å². The minimum absolute atomic E-state index is 0.123. The minimum atomic E-state index is -0.123. The maximum atomic E-state index is 13.3. The third-order valence-corrected chi connectivity index (χ3v) is 4.98. The van der Waals surface area contributed by atoms with Crippen molar-refractivity contribution in [1.82, 2.24) is 0 Å². The fourth-order valence-electron chi connectivity index (χ4n) is 3.59. The molecule has 0 aliphatic carbocycles. The fourth-order valence-corrected chi connectivity index (χ4v) is 3.59. The molecule has 4 rings (SSSR count). The summed E-state index contributed by atoms with van der Waals surface area (Å²) in [5.74, 6) is 1.51. The first-order valence-corrected chi connectivity index (χ1v) is 9.47. The maximum Gasteiger partial charge on any atom is 0.200 e. The van der Waals surface area contributed by atoms with E-state index < -0.39 is 0 Å². The summed E-state index contributed by atoms with van der Waals surface area (Å²) in [4.78, 5) is 14.4. The van der Waals surface area contributed by atoms with Crippen LogP contribution in [0.15, 0.2) is 39.7 Å². The molecule has 0 amide bonds. The van der Waals surface area contributed by atoms with Crippen LogP contribution < -0.4 is 19.8 Å². The van der Waals surface area contributed by atoms with Crippen LogP contribution in [-0.2, 0) is 13.0 Å². The number of benzene rings is 2. The van der Waals surface area contributed by atoms with Crippen molar-refractivity contribution in [2.24, 2.45) is 0 Å². The Balaban J connectivity index is 1.92. The molecule has 0 atom stereocenters. The molecule has 0 fully saturated rings. The van der Waals surface area contributed by atoms with Gasteiger partial charge in [-0.15, -0.1) is 0 Å². The summed E-state index contributed by atoms with van der Waals surface area (Å²) < 4.78 is 17.1. The molecule has 0 unspecified atom stereocenters. The molecule has 1 aliphatic heterocycles. The second-order valence-electron chi connectivity index (χ2n) is 7.31. The molecule has 0 spiro atoms. The van der Waals surface area contributed by atoms with Crippen LogP contribution in [0.1, 0.15) is 18.1 Å². The third-order valence-electron chi connectivity index (χ3n) is 4.98. The number of rotatable bonds is 4. The summed E-state index contributed by atoms with van der Waals surface area (Å²) in [6, 6.07) is 7.19. The summed E-state index contributed by atoms with van der Waals surface area (Å²) in [5.41, 5.74) is 2.91. The van der Waals surface area contributed by atoms with Crippen LogP contribution in [0.5, 0.6) is 17.2 Å². The van der Waals surface area contributed by atoms with Gasteiger partial charge in [-0.05, 0) is 35.7 Å². The fraction of sp³-hybridized carbons (Fsp3) is 0.318. The molecular weight excluding hydrogens is 358 g/mol. The standard InChI is InChI=1S/C22H23NO5/c1-4-13-9-15-21(25)17(12-28-22(15)16(20(13)24)11-23(2)3)14-5-6-18-19(10-14)27-8-7-26-18/h5-6,9-10,12,24H,4,7-8,11H2,1-3H3/p+1. The molecule has 0 saturated carbocycles. The molecule has 0 radical (unpaired) electrons. The minimum Gasteiger partial charge on any atom is -0.507 e. The lowest BCUT2D eigenvalue weighted by molar-refractivity contribution is -0.872. The summed E-state index contributed by atoms with van der Waals surface area (Å²) in [7, 11) is 3.98. The predicted octanol–water partition coefficient (Wildman–Crippen LogP) is 2.14. The highest BCUT2D eigenvalue weighted by molar-refractivity contribution is 5.87. The first-order chi connectivity index (χ1) is 13.5. The monoisotopic (exact) mass is 382 g/mol. The Morgan fingerprint density at radius 2 is 1.86 bits per heavy atom. The van der Waals surface area contributed by atoms with E-state index in [1.807, 2.05) is 33.2 Å². The number of phenolic OH excluding ortho intramolecular Hbond substituents is 1. The number of fused-ring (bicyclic) bond motifs is 2. The average Bonchev–Trinajstić information content (AvgIpc) is 2.69. The SMILES string of the molecule is CCc1cc2c(=O)c(-c3ccc4c(c3)OCCO4)coc2c(C[NH+](C)C)c1O. The average molecular weight is 382 g/mol. The molecule has 146 valence electrons. The molecule has 2 N–H and O–H groups in total. The Bertz CT molecular complexity index is 1100. The second kappa shape index (κ2) is 7.20. The van der Waals surface area contributed by atoms with Crippen molar-refractivity contribution >= 4 is 11.0 Å². The highest BCUT2D eigenvalue weighted by Crippen LogP contribution is 2.35. The first-order valence-electron chi connectivity index (χ1n) is 9.47. The second-order valence-corrected chi connectivity index (χ2v) is 7.31. The van der Waals surface area contributed by atoms with Crippen LogP contribution in [-0.4, -0.2) is 32.4 Å². The smallest absolute Gasteiger partial charge is 0.200 e. The summed E-state index contributed by atoms with van der Waals surface area (Å²) in [6.07, 6.45) is 2.10. The lowest BCUT2D eigenvalue weighted by Crippen LogP contribution is -3.04. The van der Waals surface area contributed by atoms with E-state index in [2.05, 4.69) is 0 Å². The first kappa shape index (κ1) is 18.4. The number of aryl methyl sites for hydroxylation is 1. The number of nitrogens with one attached hydrogen (secondary N) is 1. The third kappa shape index (κ3) is 3.10. The van der Waals surface area contributed by atoms with Crippen molar-refractivity contribution in [2.75, 3.05) is 27.3 Å². The quantitative estimate of drug-likeness (QED) is 0.723. The highest BCUT2D eigenvalue weighted by Gasteiger charge is 2.21. The van der Waals surface area contributed by atoms with E-state index in [9.17, 15) is 9.90 Å². The van der Waals surface area contributed by atoms with Crippen molar-refractivity contribution in [2.45, 2.75) is 19.9 Å². The Hall–Kier alpha value is -2.99. The molecule has 2 heterocycles. The van der Waals surface area contributed by atoms with E-state index in [-0.39, 0.29) is 11.2 Å². The number of hydrogen-bond donors (Lipinski definition) is 2. The van der Waals surface area contributed by atoms with Gasteiger partial charge in [-0.3, -0.25) is 4.79 Å². The number of ether oxygens (including phenoxy) is 2. The van der Waals surface area contributed by atoms with E-state index in [0.29, 0.717) is 65.3 Å². The van der Waals surface area contributed by atoms with Gasteiger partial charge in [0.2, 0.25) is 5.43 Å². The van der Waals surface area contributed by atoms with E-state index in [4.69, 9.17) is 13.9 Å². The van der Waals surface area contributed by atoms with Gasteiger partial charge in [0.25, 0.3) is 0 Å². The largest absolute Gasteiger partial charge is 0.507 e. The van der Waals surface area contributed by atoms with Crippen molar-refractivity contribution in [3.63, 3.8) is 0 Å². The molecule has 2 aromatic carbocycles. The molecule has 6 nitrogen and oxygen atoms in total. The zero-order valence-corrected chi connectivity index (χ0v) is 16.3. The Morgan fingerprint density at radius 3 is 2.57 bits per heavy atom.